The summed E-state index contributed by atoms with van der Waals surface area (Å²) in [5.41, 5.74) is 1.84. The summed E-state index contributed by atoms with van der Waals surface area (Å²) >= 11 is 5.25. The van der Waals surface area contributed by atoms with Gasteiger partial charge in [-0.1, -0.05) is 12.1 Å². The molecule has 2 aromatic carbocycles. The molecule has 0 fully saturated rings. The molecule has 0 bridgehead atoms. The van der Waals surface area contributed by atoms with E-state index in [1.807, 2.05) is 31.2 Å². The highest BCUT2D eigenvalue weighted by Crippen LogP contribution is 2.17. The number of nitrogens with one attached hydrogen (secondary N) is 2. The number of hydrogen-bond acceptors (Lipinski definition) is 2. The molecule has 110 valence electrons. The third-order valence-corrected chi connectivity index (χ3v) is 3.29. The van der Waals surface area contributed by atoms with E-state index in [0.717, 1.165) is 17.0 Å². The van der Waals surface area contributed by atoms with Crippen LogP contribution >= 0.6 is 12.2 Å². The van der Waals surface area contributed by atoms with Gasteiger partial charge in [0.1, 0.15) is 11.6 Å². The average Bonchev–Trinajstić information content (AvgIpc) is 2.49. The number of halogens is 1. The van der Waals surface area contributed by atoms with E-state index < -0.39 is 0 Å². The smallest absolute Gasteiger partial charge is 0.171 e. The van der Waals surface area contributed by atoms with Crippen LogP contribution in [0.25, 0.3) is 0 Å². The highest BCUT2D eigenvalue weighted by molar-refractivity contribution is 7.80. The predicted octanol–water partition coefficient (Wildman–Crippen LogP) is 3.88. The van der Waals surface area contributed by atoms with Crippen molar-refractivity contribution in [3.63, 3.8) is 0 Å². The molecule has 0 aliphatic rings. The zero-order valence-electron chi connectivity index (χ0n) is 11.9. The highest BCUT2D eigenvalue weighted by Gasteiger charge is 2.07. The highest BCUT2D eigenvalue weighted by atomic mass is 32.1. The monoisotopic (exact) mass is 304 g/mol. The van der Waals surface area contributed by atoms with Crippen LogP contribution in [0.15, 0.2) is 48.5 Å². The Morgan fingerprint density at radius 2 is 1.71 bits per heavy atom. The molecule has 2 N–H and O–H groups in total. The van der Waals surface area contributed by atoms with Gasteiger partial charge in [0.05, 0.1) is 13.2 Å². The van der Waals surface area contributed by atoms with Crippen LogP contribution in [-0.2, 0) is 0 Å². The SMILES string of the molecule is COc1ccc([C@@H](C)NC(=S)Nc2ccc(F)cc2)cc1. The van der Waals surface area contributed by atoms with Crippen molar-refractivity contribution in [3.8, 4) is 5.75 Å². The molecule has 3 nitrogen and oxygen atoms in total. The summed E-state index contributed by atoms with van der Waals surface area (Å²) < 4.78 is 18.0. The van der Waals surface area contributed by atoms with Crippen molar-refractivity contribution in [2.24, 2.45) is 0 Å². The van der Waals surface area contributed by atoms with Gasteiger partial charge in [0.15, 0.2) is 5.11 Å². The number of hydrogen-bond donors (Lipinski definition) is 2. The van der Waals surface area contributed by atoms with E-state index in [1.54, 1.807) is 19.2 Å². The quantitative estimate of drug-likeness (QED) is 0.840. The largest absolute Gasteiger partial charge is 0.497 e. The molecule has 0 unspecified atom stereocenters. The van der Waals surface area contributed by atoms with Crippen molar-refractivity contribution >= 4 is 23.0 Å². The summed E-state index contributed by atoms with van der Waals surface area (Å²) in [6, 6.07) is 13.9. The number of ether oxygens (including phenoxy) is 1. The Labute approximate surface area is 129 Å². The molecular weight excluding hydrogens is 287 g/mol. The third kappa shape index (κ3) is 4.43. The molecular formula is C16H17FN2OS. The molecule has 0 aliphatic heterocycles. The topological polar surface area (TPSA) is 33.3 Å². The number of anilines is 1. The summed E-state index contributed by atoms with van der Waals surface area (Å²) in [5, 5.41) is 6.69. The second kappa shape index (κ2) is 7.04. The number of thiocarbonyl (C=S) groups is 1. The van der Waals surface area contributed by atoms with Gasteiger partial charge in [0, 0.05) is 5.69 Å². The van der Waals surface area contributed by atoms with E-state index in [2.05, 4.69) is 10.6 Å². The zero-order chi connectivity index (χ0) is 15.2. The van der Waals surface area contributed by atoms with Crippen LogP contribution in [0.5, 0.6) is 5.75 Å². The fraction of sp³-hybridized carbons (Fsp3) is 0.188. The molecule has 2 aromatic rings. The molecule has 0 radical (unpaired) electrons. The van der Waals surface area contributed by atoms with Crippen molar-refractivity contribution < 1.29 is 9.13 Å². The Morgan fingerprint density at radius 1 is 1.10 bits per heavy atom. The Morgan fingerprint density at radius 3 is 2.29 bits per heavy atom. The molecule has 0 spiro atoms. The van der Waals surface area contributed by atoms with E-state index in [1.165, 1.54) is 12.1 Å². The standard InChI is InChI=1S/C16H17FN2OS/c1-11(12-3-9-15(20-2)10-4-12)18-16(21)19-14-7-5-13(17)6-8-14/h3-11H,1-2H3,(H2,18,19,21)/t11-/m1/s1. The molecule has 21 heavy (non-hydrogen) atoms. The van der Waals surface area contributed by atoms with Gasteiger partial charge >= 0.3 is 0 Å². The van der Waals surface area contributed by atoms with Crippen LogP contribution in [0.1, 0.15) is 18.5 Å². The maximum Gasteiger partial charge on any atom is 0.171 e. The molecule has 2 rings (SSSR count). The molecule has 0 heterocycles. The summed E-state index contributed by atoms with van der Waals surface area (Å²) in [6.07, 6.45) is 0. The first kappa shape index (κ1) is 15.3. The zero-order valence-corrected chi connectivity index (χ0v) is 12.7. The van der Waals surface area contributed by atoms with Crippen LogP contribution < -0.4 is 15.4 Å². The lowest BCUT2D eigenvalue weighted by molar-refractivity contribution is 0.414. The molecule has 0 saturated carbocycles. The first-order chi connectivity index (χ1) is 10.1. The van der Waals surface area contributed by atoms with E-state index in [0.29, 0.717) is 5.11 Å². The van der Waals surface area contributed by atoms with Crippen LogP contribution in [0.3, 0.4) is 0 Å². The molecule has 0 saturated heterocycles. The van der Waals surface area contributed by atoms with Gasteiger partial charge in [0.25, 0.3) is 0 Å². The van der Waals surface area contributed by atoms with Gasteiger partial charge in [-0.3, -0.25) is 0 Å². The lowest BCUT2D eigenvalue weighted by Crippen LogP contribution is -2.30. The predicted molar refractivity (Wildman–Crippen MR) is 87.2 cm³/mol. The van der Waals surface area contributed by atoms with Gasteiger partial charge in [-0.05, 0) is 61.1 Å². The van der Waals surface area contributed by atoms with Gasteiger partial charge in [0.2, 0.25) is 0 Å². The Balaban J connectivity index is 1.93. The Bertz CT molecular complexity index is 599. The summed E-state index contributed by atoms with van der Waals surface area (Å²) in [7, 11) is 1.64. The minimum Gasteiger partial charge on any atom is -0.497 e. The summed E-state index contributed by atoms with van der Waals surface area (Å²) in [4.78, 5) is 0. The van der Waals surface area contributed by atoms with Crippen molar-refractivity contribution in [1.82, 2.24) is 5.32 Å². The fourth-order valence-electron chi connectivity index (χ4n) is 1.87. The number of rotatable bonds is 4. The van der Waals surface area contributed by atoms with Gasteiger partial charge < -0.3 is 15.4 Å². The minimum atomic E-state index is -0.272. The minimum absolute atomic E-state index is 0.0522. The Hall–Kier alpha value is -2.14. The van der Waals surface area contributed by atoms with Gasteiger partial charge in [-0.2, -0.15) is 0 Å². The van der Waals surface area contributed by atoms with E-state index in [-0.39, 0.29) is 11.9 Å². The van der Waals surface area contributed by atoms with E-state index >= 15 is 0 Å². The molecule has 1 atom stereocenters. The third-order valence-electron chi connectivity index (χ3n) is 3.07. The second-order valence-electron chi connectivity index (χ2n) is 4.60. The van der Waals surface area contributed by atoms with Crippen molar-refractivity contribution in [2.75, 3.05) is 12.4 Å². The second-order valence-corrected chi connectivity index (χ2v) is 5.01. The van der Waals surface area contributed by atoms with Gasteiger partial charge in [-0.25, -0.2) is 4.39 Å². The lowest BCUT2D eigenvalue weighted by Gasteiger charge is -2.17. The van der Waals surface area contributed by atoms with Crippen molar-refractivity contribution in [2.45, 2.75) is 13.0 Å². The average molecular weight is 304 g/mol. The van der Waals surface area contributed by atoms with Crippen LogP contribution in [-0.4, -0.2) is 12.2 Å². The molecule has 0 amide bonds. The summed E-state index contributed by atoms with van der Waals surface area (Å²) in [5.74, 6) is 0.545. The molecule has 5 heteroatoms. The number of methoxy groups -OCH3 is 1. The molecule has 0 aliphatic carbocycles. The summed E-state index contributed by atoms with van der Waals surface area (Å²) in [6.45, 7) is 2.01. The maximum atomic E-state index is 12.8. The first-order valence-corrected chi connectivity index (χ1v) is 6.96. The van der Waals surface area contributed by atoms with Crippen LogP contribution in [0, 0.1) is 5.82 Å². The molecule has 0 aromatic heterocycles. The van der Waals surface area contributed by atoms with Crippen LogP contribution in [0.2, 0.25) is 0 Å². The lowest BCUT2D eigenvalue weighted by atomic mass is 10.1. The Kier molecular flexibility index (Phi) is 5.11. The fourth-order valence-corrected chi connectivity index (χ4v) is 2.17. The first-order valence-electron chi connectivity index (χ1n) is 6.55. The van der Waals surface area contributed by atoms with E-state index in [4.69, 9.17) is 17.0 Å². The normalized spacial score (nSPS) is 11.6. The van der Waals surface area contributed by atoms with Gasteiger partial charge in [-0.15, -0.1) is 0 Å². The number of benzene rings is 2. The van der Waals surface area contributed by atoms with E-state index in [9.17, 15) is 4.39 Å². The maximum absolute atomic E-state index is 12.8. The van der Waals surface area contributed by atoms with Crippen molar-refractivity contribution in [1.29, 1.82) is 0 Å². The van der Waals surface area contributed by atoms with Crippen LogP contribution in [0.4, 0.5) is 10.1 Å². The van der Waals surface area contributed by atoms with Crippen molar-refractivity contribution in [3.05, 3.63) is 59.9 Å².